The minimum absolute atomic E-state index is 0.0204. The molecular weight excluding hydrogens is 451 g/mol. The molecule has 2 aliphatic heterocycles. The van der Waals surface area contributed by atoms with Gasteiger partial charge in [0.1, 0.15) is 17.7 Å². The molecule has 1 N–H and O–H groups in total. The van der Waals surface area contributed by atoms with E-state index in [1.807, 2.05) is 24.3 Å². The first-order valence-corrected chi connectivity index (χ1v) is 12.8. The topological polar surface area (TPSA) is 74.1 Å². The van der Waals surface area contributed by atoms with Crippen LogP contribution in [0.4, 0.5) is 10.1 Å². The molecule has 2 aromatic carbocycles. The highest BCUT2D eigenvalue weighted by Crippen LogP contribution is 2.35. The van der Waals surface area contributed by atoms with Gasteiger partial charge in [0.15, 0.2) is 5.17 Å². The molecule has 1 fully saturated rings. The largest absolute Gasteiger partial charge is 0.353 e. The number of aliphatic imine (C=N–C) groups is 2. The highest BCUT2D eigenvalue weighted by atomic mass is 32.2. The number of amides is 2. The molecule has 0 unspecified atom stereocenters. The number of para-hydroxylation sites is 1. The zero-order valence-electron chi connectivity index (χ0n) is 18.9. The number of carbonyl (C=O) groups is 2. The number of nitrogens with one attached hydrogen (secondary N) is 1. The molecule has 0 bridgehead atoms. The molecular formula is C26H27FN4O2S. The van der Waals surface area contributed by atoms with Crippen molar-refractivity contribution in [3.05, 3.63) is 65.5 Å². The van der Waals surface area contributed by atoms with Gasteiger partial charge >= 0.3 is 0 Å². The van der Waals surface area contributed by atoms with Gasteiger partial charge in [0.2, 0.25) is 5.91 Å². The molecule has 0 spiro atoms. The number of hydrogen-bond acceptors (Lipinski definition) is 5. The van der Waals surface area contributed by atoms with E-state index in [0.29, 0.717) is 28.7 Å². The summed E-state index contributed by atoms with van der Waals surface area (Å²) in [6.07, 6.45) is 6.21. The van der Waals surface area contributed by atoms with E-state index in [0.717, 1.165) is 36.9 Å². The maximum atomic E-state index is 14.1. The highest BCUT2D eigenvalue weighted by Gasteiger charge is 2.41. The lowest BCUT2D eigenvalue weighted by Gasteiger charge is -2.25. The number of amidine groups is 2. The van der Waals surface area contributed by atoms with Crippen molar-refractivity contribution in [2.24, 2.45) is 9.98 Å². The minimum atomic E-state index is -0.627. The Hall–Kier alpha value is -3.00. The van der Waals surface area contributed by atoms with Crippen LogP contribution in [0.3, 0.4) is 0 Å². The number of benzene rings is 2. The zero-order valence-corrected chi connectivity index (χ0v) is 19.7. The van der Waals surface area contributed by atoms with Gasteiger partial charge in [-0.1, -0.05) is 61.4 Å². The Morgan fingerprint density at radius 3 is 2.68 bits per heavy atom. The van der Waals surface area contributed by atoms with Crippen molar-refractivity contribution >= 4 is 40.3 Å². The first-order valence-electron chi connectivity index (χ1n) is 11.9. The molecule has 1 saturated carbocycles. The number of thioether (sulfide) groups is 1. The fourth-order valence-corrected chi connectivity index (χ4v) is 5.65. The normalized spacial score (nSPS) is 19.9. The van der Waals surface area contributed by atoms with Crippen LogP contribution in [0.1, 0.15) is 56.1 Å². The van der Waals surface area contributed by atoms with Crippen LogP contribution in [0.2, 0.25) is 0 Å². The molecule has 5 rings (SSSR count). The van der Waals surface area contributed by atoms with Gasteiger partial charge < -0.3 is 5.32 Å². The Kier molecular flexibility index (Phi) is 6.76. The average molecular weight is 479 g/mol. The number of halogens is 1. The standard InChI is InChI=1S/C26H27FN4O2S/c27-20-12-6-4-8-17(20)16-34-26-30-21-13-7-5-11-19(21)24-29-22(25(33)31(24)26)14-15-23(32)28-18-9-2-1-3-10-18/h4-8,11-13,18,22H,1-3,9-10,14-16H2,(H,28,32)/t22-/m0/s1. The van der Waals surface area contributed by atoms with Gasteiger partial charge in [-0.25, -0.2) is 14.3 Å². The lowest BCUT2D eigenvalue weighted by atomic mass is 9.95. The summed E-state index contributed by atoms with van der Waals surface area (Å²) in [6.45, 7) is 0. The lowest BCUT2D eigenvalue weighted by Crippen LogP contribution is -2.41. The van der Waals surface area contributed by atoms with Crippen molar-refractivity contribution in [3.8, 4) is 0 Å². The van der Waals surface area contributed by atoms with Crippen LogP contribution in [-0.2, 0) is 15.3 Å². The summed E-state index contributed by atoms with van der Waals surface area (Å²) in [7, 11) is 0. The summed E-state index contributed by atoms with van der Waals surface area (Å²) >= 11 is 1.31. The molecule has 0 saturated heterocycles. The molecule has 3 aliphatic rings. The van der Waals surface area contributed by atoms with E-state index in [2.05, 4.69) is 5.32 Å². The second-order valence-corrected chi connectivity index (χ2v) is 9.82. The van der Waals surface area contributed by atoms with Crippen LogP contribution in [-0.4, -0.2) is 39.8 Å². The molecule has 2 aromatic rings. The minimum Gasteiger partial charge on any atom is -0.353 e. The zero-order chi connectivity index (χ0) is 23.5. The molecule has 8 heteroatoms. The maximum Gasteiger partial charge on any atom is 0.259 e. The van der Waals surface area contributed by atoms with E-state index in [1.54, 1.807) is 18.2 Å². The third-order valence-electron chi connectivity index (χ3n) is 6.48. The second kappa shape index (κ2) is 10.1. The van der Waals surface area contributed by atoms with E-state index in [-0.39, 0.29) is 30.1 Å². The first kappa shape index (κ1) is 22.8. The summed E-state index contributed by atoms with van der Waals surface area (Å²) in [5.41, 5.74) is 2.08. The number of fused-ring (bicyclic) bond motifs is 3. The quantitative estimate of drug-likeness (QED) is 0.639. The van der Waals surface area contributed by atoms with E-state index >= 15 is 0 Å². The third-order valence-corrected chi connectivity index (χ3v) is 7.46. The third kappa shape index (κ3) is 4.78. The van der Waals surface area contributed by atoms with E-state index in [4.69, 9.17) is 9.98 Å². The van der Waals surface area contributed by atoms with Crippen molar-refractivity contribution in [2.75, 3.05) is 0 Å². The molecule has 2 amide bonds. The molecule has 6 nitrogen and oxygen atoms in total. The predicted octanol–water partition coefficient (Wildman–Crippen LogP) is 4.95. The number of hydrogen-bond donors (Lipinski definition) is 1. The van der Waals surface area contributed by atoms with Gasteiger partial charge in [0.25, 0.3) is 5.91 Å². The van der Waals surface area contributed by atoms with Gasteiger partial charge in [0.05, 0.1) is 5.69 Å². The maximum absolute atomic E-state index is 14.1. The van der Waals surface area contributed by atoms with Crippen molar-refractivity contribution < 1.29 is 14.0 Å². The molecule has 0 aromatic heterocycles. The Bertz CT molecular complexity index is 1160. The van der Waals surface area contributed by atoms with E-state index in [1.165, 1.54) is 29.1 Å². The van der Waals surface area contributed by atoms with Crippen molar-refractivity contribution in [1.29, 1.82) is 0 Å². The molecule has 34 heavy (non-hydrogen) atoms. The molecule has 1 aliphatic carbocycles. The van der Waals surface area contributed by atoms with Crippen LogP contribution < -0.4 is 5.32 Å². The number of nitrogens with zero attached hydrogens (tertiary/aromatic N) is 3. The van der Waals surface area contributed by atoms with Gasteiger partial charge in [-0.05, 0) is 43.0 Å². The smallest absolute Gasteiger partial charge is 0.259 e. The molecule has 1 atom stereocenters. The van der Waals surface area contributed by atoms with Crippen molar-refractivity contribution in [2.45, 2.75) is 62.8 Å². The van der Waals surface area contributed by atoms with E-state index < -0.39 is 6.04 Å². The van der Waals surface area contributed by atoms with Crippen molar-refractivity contribution in [1.82, 2.24) is 10.2 Å². The number of carbonyl (C=O) groups excluding carboxylic acids is 2. The summed E-state index contributed by atoms with van der Waals surface area (Å²) in [4.78, 5) is 36.8. The predicted molar refractivity (Wildman–Crippen MR) is 133 cm³/mol. The van der Waals surface area contributed by atoms with E-state index in [9.17, 15) is 14.0 Å². The summed E-state index contributed by atoms with van der Waals surface area (Å²) in [5.74, 6) is 0.418. The van der Waals surface area contributed by atoms with Gasteiger partial charge in [-0.3, -0.25) is 14.6 Å². The second-order valence-electron chi connectivity index (χ2n) is 8.87. The Labute approximate surface area is 202 Å². The Morgan fingerprint density at radius 2 is 1.85 bits per heavy atom. The van der Waals surface area contributed by atoms with Gasteiger partial charge in [0, 0.05) is 23.8 Å². The SMILES string of the molecule is O=C(CC[C@@H]1N=C2c3ccccc3N=C(SCc3ccccc3F)N2C1=O)NC1CCCCC1. The van der Waals surface area contributed by atoms with Gasteiger partial charge in [-0.15, -0.1) is 0 Å². The van der Waals surface area contributed by atoms with Crippen LogP contribution >= 0.6 is 11.8 Å². The fourth-order valence-electron chi connectivity index (χ4n) is 4.66. The first-order chi connectivity index (χ1) is 16.6. The van der Waals surface area contributed by atoms with Crippen molar-refractivity contribution in [3.63, 3.8) is 0 Å². The Morgan fingerprint density at radius 1 is 1.09 bits per heavy atom. The molecule has 176 valence electrons. The summed E-state index contributed by atoms with van der Waals surface area (Å²) < 4.78 is 14.1. The van der Waals surface area contributed by atoms with Crippen LogP contribution in [0.5, 0.6) is 0 Å². The van der Waals surface area contributed by atoms with Crippen LogP contribution in [0.15, 0.2) is 58.5 Å². The summed E-state index contributed by atoms with van der Waals surface area (Å²) in [6, 6.07) is 13.8. The highest BCUT2D eigenvalue weighted by molar-refractivity contribution is 8.13. The number of rotatable bonds is 6. The van der Waals surface area contributed by atoms with Crippen LogP contribution in [0, 0.1) is 5.82 Å². The monoisotopic (exact) mass is 478 g/mol. The van der Waals surface area contributed by atoms with Crippen LogP contribution in [0.25, 0.3) is 0 Å². The molecule has 0 radical (unpaired) electrons. The average Bonchev–Trinajstić information content (AvgIpc) is 3.19. The van der Waals surface area contributed by atoms with Gasteiger partial charge in [-0.2, -0.15) is 0 Å². The summed E-state index contributed by atoms with van der Waals surface area (Å²) in [5, 5.41) is 3.60. The molecule has 2 heterocycles. The fraction of sp³-hybridized carbons (Fsp3) is 0.385. The lowest BCUT2D eigenvalue weighted by molar-refractivity contribution is -0.125. The Balaban J connectivity index is 1.30.